The van der Waals surface area contributed by atoms with Crippen molar-refractivity contribution in [3.63, 3.8) is 0 Å². The number of nitrogens with one attached hydrogen (secondary N) is 2. The van der Waals surface area contributed by atoms with Gasteiger partial charge in [-0.15, -0.1) is 0 Å². The molecule has 0 aliphatic heterocycles. The van der Waals surface area contributed by atoms with E-state index >= 15 is 0 Å². The van der Waals surface area contributed by atoms with E-state index < -0.39 is 11.0 Å². The molecular formula is C27H31N3O3. The summed E-state index contributed by atoms with van der Waals surface area (Å²) in [6, 6.07) is 20.2. The lowest BCUT2D eigenvalue weighted by Gasteiger charge is -2.18. The van der Waals surface area contributed by atoms with Crippen LogP contribution >= 0.6 is 0 Å². The molecule has 1 aromatic heterocycles. The second kappa shape index (κ2) is 10.3. The average molecular weight is 446 g/mol. The van der Waals surface area contributed by atoms with Crippen molar-refractivity contribution in [2.24, 2.45) is 5.41 Å². The number of hydrogen-bond donors (Lipinski definition) is 2. The van der Waals surface area contributed by atoms with Crippen LogP contribution in [0.4, 0.5) is 5.69 Å². The van der Waals surface area contributed by atoms with Crippen LogP contribution in [0.1, 0.15) is 50.0 Å². The van der Waals surface area contributed by atoms with Gasteiger partial charge in [-0.25, -0.2) is 0 Å². The van der Waals surface area contributed by atoms with E-state index in [1.165, 1.54) is 16.2 Å². The molecule has 2 aromatic carbocycles. The minimum atomic E-state index is -0.504. The van der Waals surface area contributed by atoms with Crippen molar-refractivity contribution in [3.05, 3.63) is 94.4 Å². The molecule has 0 fully saturated rings. The lowest BCUT2D eigenvalue weighted by atomic mass is 9.95. The molecule has 2 N–H and O–H groups in total. The summed E-state index contributed by atoms with van der Waals surface area (Å²) in [6.07, 6.45) is 3.25. The van der Waals surface area contributed by atoms with Crippen molar-refractivity contribution in [2.75, 3.05) is 5.32 Å². The molecule has 1 atom stereocenters. The number of rotatable bonds is 7. The third-order valence-corrected chi connectivity index (χ3v) is 5.36. The van der Waals surface area contributed by atoms with E-state index in [-0.39, 0.29) is 23.4 Å². The molecule has 172 valence electrons. The van der Waals surface area contributed by atoms with Gasteiger partial charge in [-0.2, -0.15) is 0 Å². The van der Waals surface area contributed by atoms with E-state index in [2.05, 4.69) is 22.8 Å². The molecule has 0 saturated carbocycles. The summed E-state index contributed by atoms with van der Waals surface area (Å²) in [7, 11) is 0. The van der Waals surface area contributed by atoms with Crippen LogP contribution in [-0.2, 0) is 11.2 Å². The first kappa shape index (κ1) is 24.0. The monoisotopic (exact) mass is 445 g/mol. The molecule has 0 spiro atoms. The van der Waals surface area contributed by atoms with Gasteiger partial charge in [0.2, 0.25) is 5.91 Å². The molecule has 1 heterocycles. The Morgan fingerprint density at radius 3 is 2.24 bits per heavy atom. The lowest BCUT2D eigenvalue weighted by molar-refractivity contribution is -0.123. The number of hydrogen-bond acceptors (Lipinski definition) is 3. The second-order valence-corrected chi connectivity index (χ2v) is 9.25. The van der Waals surface area contributed by atoms with Crippen molar-refractivity contribution in [3.8, 4) is 5.69 Å². The fourth-order valence-corrected chi connectivity index (χ4v) is 3.30. The molecule has 0 saturated heterocycles. The van der Waals surface area contributed by atoms with Gasteiger partial charge in [0, 0.05) is 29.0 Å². The Kier molecular flexibility index (Phi) is 7.48. The van der Waals surface area contributed by atoms with Crippen molar-refractivity contribution in [1.82, 2.24) is 9.88 Å². The molecule has 3 rings (SSSR count). The van der Waals surface area contributed by atoms with Crippen LogP contribution in [0.2, 0.25) is 0 Å². The highest BCUT2D eigenvalue weighted by molar-refractivity contribution is 5.95. The SMILES string of the molecule is C[C@@H](CCc1ccccc1)NC(=O)c1cccn(-c2ccc(NC(=O)C(C)(C)C)cc2)c1=O. The average Bonchev–Trinajstić information content (AvgIpc) is 2.78. The van der Waals surface area contributed by atoms with Gasteiger partial charge < -0.3 is 10.6 Å². The van der Waals surface area contributed by atoms with Gasteiger partial charge in [-0.05, 0) is 61.7 Å². The maximum absolute atomic E-state index is 13.0. The number of amides is 2. The Bertz CT molecular complexity index is 1160. The van der Waals surface area contributed by atoms with E-state index in [0.717, 1.165) is 12.8 Å². The van der Waals surface area contributed by atoms with Crippen LogP contribution in [0, 0.1) is 5.41 Å². The molecule has 33 heavy (non-hydrogen) atoms. The molecule has 6 heteroatoms. The normalized spacial score (nSPS) is 12.1. The summed E-state index contributed by atoms with van der Waals surface area (Å²) in [4.78, 5) is 37.9. The molecule has 2 amide bonds. The summed E-state index contributed by atoms with van der Waals surface area (Å²) in [5.41, 5.74) is 1.66. The van der Waals surface area contributed by atoms with Gasteiger partial charge in [-0.3, -0.25) is 19.0 Å². The van der Waals surface area contributed by atoms with Crippen LogP contribution < -0.4 is 16.2 Å². The summed E-state index contributed by atoms with van der Waals surface area (Å²) in [5.74, 6) is -0.476. The molecule has 0 aliphatic carbocycles. The van der Waals surface area contributed by atoms with Gasteiger partial charge in [0.15, 0.2) is 0 Å². The molecule has 0 radical (unpaired) electrons. The number of anilines is 1. The molecule has 3 aromatic rings. The smallest absolute Gasteiger partial charge is 0.267 e. The Hall–Kier alpha value is -3.67. The third kappa shape index (κ3) is 6.42. The maximum Gasteiger partial charge on any atom is 0.267 e. The van der Waals surface area contributed by atoms with Crippen molar-refractivity contribution < 1.29 is 9.59 Å². The zero-order valence-corrected chi connectivity index (χ0v) is 19.6. The van der Waals surface area contributed by atoms with Gasteiger partial charge in [0.1, 0.15) is 5.56 Å². The molecule has 0 bridgehead atoms. The van der Waals surface area contributed by atoms with Crippen LogP contribution in [0.25, 0.3) is 5.69 Å². The lowest BCUT2D eigenvalue weighted by Crippen LogP contribution is -2.37. The first-order valence-corrected chi connectivity index (χ1v) is 11.1. The van der Waals surface area contributed by atoms with Crippen LogP contribution in [0.3, 0.4) is 0 Å². The van der Waals surface area contributed by atoms with Gasteiger partial charge in [0.05, 0.1) is 0 Å². The molecule has 0 aliphatic rings. The topological polar surface area (TPSA) is 80.2 Å². The largest absolute Gasteiger partial charge is 0.349 e. The summed E-state index contributed by atoms with van der Waals surface area (Å²) >= 11 is 0. The van der Waals surface area contributed by atoms with E-state index in [9.17, 15) is 14.4 Å². The highest BCUT2D eigenvalue weighted by Gasteiger charge is 2.21. The van der Waals surface area contributed by atoms with Crippen LogP contribution in [-0.4, -0.2) is 22.4 Å². The third-order valence-electron chi connectivity index (χ3n) is 5.36. The van der Waals surface area contributed by atoms with E-state index in [1.54, 1.807) is 36.5 Å². The number of carbonyl (C=O) groups excluding carboxylic acids is 2. The molecule has 0 unspecified atom stereocenters. The van der Waals surface area contributed by atoms with Crippen LogP contribution in [0.5, 0.6) is 0 Å². The quantitative estimate of drug-likeness (QED) is 0.559. The standard InChI is InChI=1S/C27H31N3O3/c1-19(12-13-20-9-6-5-7-10-20)28-24(31)23-11-8-18-30(25(23)32)22-16-14-21(15-17-22)29-26(33)27(2,3)4/h5-11,14-19H,12-13H2,1-4H3,(H,28,31)(H,29,33)/t19-/m0/s1. The maximum atomic E-state index is 13.0. The van der Waals surface area contributed by atoms with Crippen molar-refractivity contribution in [2.45, 2.75) is 46.6 Å². The molecular weight excluding hydrogens is 414 g/mol. The zero-order valence-electron chi connectivity index (χ0n) is 19.6. The van der Waals surface area contributed by atoms with E-state index in [0.29, 0.717) is 11.4 Å². The highest BCUT2D eigenvalue weighted by atomic mass is 16.2. The number of nitrogens with zero attached hydrogens (tertiary/aromatic N) is 1. The number of aryl methyl sites for hydroxylation is 1. The van der Waals surface area contributed by atoms with Gasteiger partial charge >= 0.3 is 0 Å². The number of aromatic nitrogens is 1. The van der Waals surface area contributed by atoms with Gasteiger partial charge in [0.25, 0.3) is 11.5 Å². The zero-order chi connectivity index (χ0) is 24.0. The fourth-order valence-electron chi connectivity index (χ4n) is 3.30. The summed E-state index contributed by atoms with van der Waals surface area (Å²) in [5, 5.41) is 5.79. The second-order valence-electron chi connectivity index (χ2n) is 9.25. The number of carbonyl (C=O) groups is 2. The van der Waals surface area contributed by atoms with E-state index in [1.807, 2.05) is 45.9 Å². The van der Waals surface area contributed by atoms with Crippen LogP contribution in [0.15, 0.2) is 77.7 Å². The van der Waals surface area contributed by atoms with Gasteiger partial charge in [-0.1, -0.05) is 51.1 Å². The summed E-state index contributed by atoms with van der Waals surface area (Å²) < 4.78 is 1.43. The van der Waals surface area contributed by atoms with Crippen molar-refractivity contribution in [1.29, 1.82) is 0 Å². The Balaban J connectivity index is 1.69. The predicted octanol–water partition coefficient (Wildman–Crippen LogP) is 4.57. The minimum Gasteiger partial charge on any atom is -0.349 e. The summed E-state index contributed by atoms with van der Waals surface area (Å²) in [6.45, 7) is 7.47. The fraction of sp³-hybridized carbons (Fsp3) is 0.296. The Morgan fingerprint density at radius 1 is 0.939 bits per heavy atom. The minimum absolute atomic E-state index is 0.0727. The Morgan fingerprint density at radius 2 is 1.61 bits per heavy atom. The number of benzene rings is 2. The first-order valence-electron chi connectivity index (χ1n) is 11.1. The molecule has 6 nitrogen and oxygen atoms in total. The first-order chi connectivity index (χ1) is 15.6. The highest BCUT2D eigenvalue weighted by Crippen LogP contribution is 2.18. The van der Waals surface area contributed by atoms with E-state index in [4.69, 9.17) is 0 Å². The predicted molar refractivity (Wildman–Crippen MR) is 132 cm³/mol. The Labute approximate surface area is 194 Å². The van der Waals surface area contributed by atoms with Crippen molar-refractivity contribution >= 4 is 17.5 Å². The number of pyridine rings is 1.